The molecule has 35 heavy (non-hydrogen) atoms. The minimum atomic E-state index is -0.304. The smallest absolute Gasteiger partial charge is 0.250 e. The van der Waals surface area contributed by atoms with E-state index in [0.29, 0.717) is 23.1 Å². The molecular formula is C28H33N5O2. The molecule has 3 aromatic rings. The number of benzene rings is 1. The van der Waals surface area contributed by atoms with Gasteiger partial charge in [-0.2, -0.15) is 0 Å². The van der Waals surface area contributed by atoms with Crippen molar-refractivity contribution in [1.82, 2.24) is 19.9 Å². The lowest BCUT2D eigenvalue weighted by Gasteiger charge is -2.17. The summed E-state index contributed by atoms with van der Waals surface area (Å²) in [5.41, 5.74) is 10.6. The number of hydrogen-bond donors (Lipinski definition) is 2. The molecule has 1 aromatic carbocycles. The lowest BCUT2D eigenvalue weighted by atomic mass is 10.1. The van der Waals surface area contributed by atoms with Crippen LogP contribution in [0.5, 0.6) is 0 Å². The SMILES string of the molecule is CCC(CC)n1cc(-c2cnc(C)c(C(=O)C=C(N)c3ccc(CNC4CC4)cc3)n2)ccc1=O. The third kappa shape index (κ3) is 5.92. The van der Waals surface area contributed by atoms with E-state index in [1.54, 1.807) is 36.0 Å². The van der Waals surface area contributed by atoms with Crippen LogP contribution in [0.3, 0.4) is 0 Å². The molecule has 1 aliphatic rings. The summed E-state index contributed by atoms with van der Waals surface area (Å²) in [5.74, 6) is -0.304. The van der Waals surface area contributed by atoms with Crippen molar-refractivity contribution >= 4 is 11.5 Å². The van der Waals surface area contributed by atoms with Crippen molar-refractivity contribution in [3.05, 3.63) is 87.7 Å². The fourth-order valence-corrected chi connectivity index (χ4v) is 4.10. The number of nitrogens with one attached hydrogen (secondary N) is 1. The second-order valence-electron chi connectivity index (χ2n) is 9.14. The van der Waals surface area contributed by atoms with E-state index in [1.165, 1.54) is 24.5 Å². The van der Waals surface area contributed by atoms with Gasteiger partial charge in [0.1, 0.15) is 5.69 Å². The van der Waals surface area contributed by atoms with E-state index in [2.05, 4.69) is 29.1 Å². The minimum Gasteiger partial charge on any atom is -0.398 e. The predicted octanol–water partition coefficient (Wildman–Crippen LogP) is 4.41. The monoisotopic (exact) mass is 471 g/mol. The first-order valence-electron chi connectivity index (χ1n) is 12.3. The Morgan fingerprint density at radius 1 is 1.17 bits per heavy atom. The van der Waals surface area contributed by atoms with Gasteiger partial charge in [-0.05, 0) is 49.8 Å². The van der Waals surface area contributed by atoms with Crippen LogP contribution in [0.1, 0.15) is 72.9 Å². The average molecular weight is 472 g/mol. The van der Waals surface area contributed by atoms with E-state index in [-0.39, 0.29) is 23.1 Å². The van der Waals surface area contributed by atoms with Crippen LogP contribution in [-0.4, -0.2) is 26.4 Å². The van der Waals surface area contributed by atoms with Crippen molar-refractivity contribution in [3.63, 3.8) is 0 Å². The maximum atomic E-state index is 13.1. The molecule has 0 atom stereocenters. The standard InChI is InChI=1S/C28H33N5O2/c1-4-23(5-2)33-17-21(10-13-27(33)35)25-16-30-18(3)28(32-25)26(34)14-24(29)20-8-6-19(7-9-20)15-31-22-11-12-22/h6-10,13-14,16-17,22-23,31H,4-5,11-12,15,29H2,1-3H3. The second kappa shape index (κ2) is 10.8. The van der Waals surface area contributed by atoms with Crippen molar-refractivity contribution in [1.29, 1.82) is 0 Å². The van der Waals surface area contributed by atoms with Crippen molar-refractivity contribution in [2.45, 2.75) is 65.1 Å². The van der Waals surface area contributed by atoms with E-state index in [0.717, 1.165) is 30.5 Å². The maximum Gasteiger partial charge on any atom is 0.250 e. The summed E-state index contributed by atoms with van der Waals surface area (Å²) in [5, 5.41) is 3.49. The van der Waals surface area contributed by atoms with Gasteiger partial charge in [0.05, 0.1) is 17.6 Å². The van der Waals surface area contributed by atoms with Gasteiger partial charge in [-0.25, -0.2) is 4.98 Å². The molecule has 0 unspecified atom stereocenters. The van der Waals surface area contributed by atoms with Gasteiger partial charge in [-0.3, -0.25) is 14.6 Å². The summed E-state index contributed by atoms with van der Waals surface area (Å²) in [6.07, 6.45) is 9.05. The van der Waals surface area contributed by atoms with Crippen LogP contribution in [0.15, 0.2) is 59.7 Å². The highest BCUT2D eigenvalue weighted by molar-refractivity contribution is 6.07. The number of carbonyl (C=O) groups is 1. The molecule has 3 N–H and O–H groups in total. The summed E-state index contributed by atoms with van der Waals surface area (Å²) < 4.78 is 1.74. The first kappa shape index (κ1) is 24.5. The Morgan fingerprint density at radius 2 is 1.89 bits per heavy atom. The van der Waals surface area contributed by atoms with Gasteiger partial charge in [0, 0.05) is 48.2 Å². The molecule has 0 saturated heterocycles. The minimum absolute atomic E-state index is 0.0520. The number of carbonyl (C=O) groups excluding carboxylic acids is 1. The lowest BCUT2D eigenvalue weighted by molar-refractivity contribution is 0.104. The van der Waals surface area contributed by atoms with Crippen molar-refractivity contribution in [3.8, 4) is 11.3 Å². The van der Waals surface area contributed by atoms with E-state index >= 15 is 0 Å². The summed E-state index contributed by atoms with van der Waals surface area (Å²) in [4.78, 5) is 34.5. The molecule has 2 heterocycles. The highest BCUT2D eigenvalue weighted by Crippen LogP contribution is 2.22. The zero-order chi connectivity index (χ0) is 24.9. The Bertz CT molecular complexity index is 1290. The number of nitrogens with two attached hydrogens (primary N) is 1. The molecule has 7 heteroatoms. The van der Waals surface area contributed by atoms with Crippen LogP contribution in [0.4, 0.5) is 0 Å². The van der Waals surface area contributed by atoms with Gasteiger partial charge < -0.3 is 15.6 Å². The largest absolute Gasteiger partial charge is 0.398 e. The third-order valence-electron chi connectivity index (χ3n) is 6.50. The first-order chi connectivity index (χ1) is 16.9. The van der Waals surface area contributed by atoms with Crippen LogP contribution in [-0.2, 0) is 6.54 Å². The van der Waals surface area contributed by atoms with Gasteiger partial charge in [0.15, 0.2) is 0 Å². The van der Waals surface area contributed by atoms with Gasteiger partial charge in [0.25, 0.3) is 5.56 Å². The van der Waals surface area contributed by atoms with Crippen LogP contribution in [0.2, 0.25) is 0 Å². The van der Waals surface area contributed by atoms with Crippen LogP contribution >= 0.6 is 0 Å². The summed E-state index contributed by atoms with van der Waals surface area (Å²) in [7, 11) is 0. The molecule has 0 spiro atoms. The van der Waals surface area contributed by atoms with E-state index in [9.17, 15) is 9.59 Å². The molecule has 1 fully saturated rings. The maximum absolute atomic E-state index is 13.1. The summed E-state index contributed by atoms with van der Waals surface area (Å²) in [6.45, 7) is 6.71. The lowest BCUT2D eigenvalue weighted by Crippen LogP contribution is -2.23. The fourth-order valence-electron chi connectivity index (χ4n) is 4.10. The normalized spacial score (nSPS) is 13.9. The molecule has 0 bridgehead atoms. The fraction of sp³-hybridized carbons (Fsp3) is 0.357. The van der Waals surface area contributed by atoms with Crippen LogP contribution in [0, 0.1) is 6.92 Å². The molecule has 4 rings (SSSR count). The molecule has 0 aliphatic heterocycles. The van der Waals surface area contributed by atoms with Gasteiger partial charge in [0.2, 0.25) is 5.78 Å². The number of hydrogen-bond acceptors (Lipinski definition) is 6. The number of aromatic nitrogens is 3. The molecular weight excluding hydrogens is 438 g/mol. The number of nitrogens with zero attached hydrogens (tertiary/aromatic N) is 3. The van der Waals surface area contributed by atoms with Gasteiger partial charge >= 0.3 is 0 Å². The van der Waals surface area contributed by atoms with E-state index in [1.807, 2.05) is 24.3 Å². The number of pyridine rings is 1. The molecule has 182 valence electrons. The third-order valence-corrected chi connectivity index (χ3v) is 6.50. The molecule has 2 aromatic heterocycles. The zero-order valence-corrected chi connectivity index (χ0v) is 20.6. The Morgan fingerprint density at radius 3 is 2.54 bits per heavy atom. The Kier molecular flexibility index (Phi) is 7.56. The Labute approximate surface area is 206 Å². The second-order valence-corrected chi connectivity index (χ2v) is 9.14. The molecule has 0 amide bonds. The summed E-state index contributed by atoms with van der Waals surface area (Å²) in [6, 6.07) is 11.9. The topological polar surface area (TPSA) is 103 Å². The number of ketones is 1. The number of aryl methyl sites for hydroxylation is 1. The highest BCUT2D eigenvalue weighted by atomic mass is 16.1. The Balaban J connectivity index is 1.56. The highest BCUT2D eigenvalue weighted by Gasteiger charge is 2.20. The molecule has 0 radical (unpaired) electrons. The van der Waals surface area contributed by atoms with Crippen LogP contribution in [0.25, 0.3) is 17.0 Å². The molecule has 1 saturated carbocycles. The van der Waals surface area contributed by atoms with Crippen molar-refractivity contribution < 1.29 is 4.79 Å². The van der Waals surface area contributed by atoms with Crippen molar-refractivity contribution in [2.75, 3.05) is 0 Å². The quantitative estimate of drug-likeness (QED) is 0.335. The first-order valence-corrected chi connectivity index (χ1v) is 12.3. The number of rotatable bonds is 10. The zero-order valence-electron chi connectivity index (χ0n) is 20.6. The van der Waals surface area contributed by atoms with Crippen LogP contribution < -0.4 is 16.6 Å². The number of allylic oxidation sites excluding steroid dienone is 1. The molecule has 1 aliphatic carbocycles. The van der Waals surface area contributed by atoms with Crippen molar-refractivity contribution in [2.24, 2.45) is 5.73 Å². The van der Waals surface area contributed by atoms with E-state index in [4.69, 9.17) is 5.73 Å². The Hall–Kier alpha value is -3.58. The van der Waals surface area contributed by atoms with Gasteiger partial charge in [-0.1, -0.05) is 38.1 Å². The summed E-state index contributed by atoms with van der Waals surface area (Å²) >= 11 is 0. The predicted molar refractivity (Wildman–Crippen MR) is 139 cm³/mol. The molecule has 7 nitrogen and oxygen atoms in total. The van der Waals surface area contributed by atoms with Gasteiger partial charge in [-0.15, -0.1) is 0 Å². The average Bonchev–Trinajstić information content (AvgIpc) is 3.70. The van der Waals surface area contributed by atoms with E-state index < -0.39 is 0 Å².